The number of unbranched alkanes of at least 4 members (excludes halogenated alkanes) is 1. The second kappa shape index (κ2) is 9.76. The molecule has 0 spiro atoms. The molecule has 0 aliphatic carbocycles. The van der Waals surface area contributed by atoms with E-state index in [2.05, 4.69) is 31.0 Å². The smallest absolute Gasteiger partial charge is 0.0600 e. The Morgan fingerprint density at radius 1 is 1.22 bits per heavy atom. The predicted molar refractivity (Wildman–Crippen MR) is 78.1 cm³/mol. The lowest BCUT2D eigenvalue weighted by atomic mass is 10.1. The summed E-state index contributed by atoms with van der Waals surface area (Å²) in [6, 6.07) is 0.688. The van der Waals surface area contributed by atoms with Crippen molar-refractivity contribution in [2.75, 3.05) is 32.8 Å². The Morgan fingerprint density at radius 2 is 1.94 bits per heavy atom. The minimum atomic E-state index is 0.496. The number of ether oxygens (including phenoxy) is 1. The summed E-state index contributed by atoms with van der Waals surface area (Å²) in [6.07, 6.45) is 6.67. The average molecular weight is 256 g/mol. The van der Waals surface area contributed by atoms with E-state index >= 15 is 0 Å². The maximum Gasteiger partial charge on any atom is 0.0600 e. The molecule has 1 fully saturated rings. The fourth-order valence-electron chi connectivity index (χ4n) is 2.47. The van der Waals surface area contributed by atoms with E-state index in [0.717, 1.165) is 26.2 Å². The summed E-state index contributed by atoms with van der Waals surface area (Å²) in [5, 5.41) is 3.38. The molecule has 0 saturated carbocycles. The molecule has 1 N–H and O–H groups in total. The molecule has 3 nitrogen and oxygen atoms in total. The maximum atomic E-state index is 6.01. The molecule has 0 amide bonds. The van der Waals surface area contributed by atoms with Gasteiger partial charge in [-0.2, -0.15) is 0 Å². The number of piperidine rings is 1. The van der Waals surface area contributed by atoms with Crippen LogP contribution in [0.4, 0.5) is 0 Å². The number of hydrogen-bond donors (Lipinski definition) is 1. The number of nitrogens with one attached hydrogen (secondary N) is 1. The fourth-order valence-corrected chi connectivity index (χ4v) is 2.47. The lowest BCUT2D eigenvalue weighted by Gasteiger charge is -2.30. The third kappa shape index (κ3) is 6.17. The molecule has 18 heavy (non-hydrogen) atoms. The van der Waals surface area contributed by atoms with Crippen LogP contribution < -0.4 is 5.32 Å². The molecular formula is C15H32N2O. The van der Waals surface area contributed by atoms with Crippen molar-refractivity contribution >= 4 is 0 Å². The Balaban J connectivity index is 2.18. The van der Waals surface area contributed by atoms with Gasteiger partial charge in [-0.1, -0.05) is 20.3 Å². The first-order chi connectivity index (χ1) is 8.77. The van der Waals surface area contributed by atoms with Crippen LogP contribution in [0.25, 0.3) is 0 Å². The third-order valence-corrected chi connectivity index (χ3v) is 4.03. The van der Waals surface area contributed by atoms with Gasteiger partial charge in [-0.25, -0.2) is 0 Å². The second-order valence-corrected chi connectivity index (χ2v) is 5.47. The third-order valence-electron chi connectivity index (χ3n) is 4.03. The molecule has 1 heterocycles. The maximum absolute atomic E-state index is 6.01. The summed E-state index contributed by atoms with van der Waals surface area (Å²) >= 11 is 0. The average Bonchev–Trinajstić information content (AvgIpc) is 2.43. The highest BCUT2D eigenvalue weighted by Crippen LogP contribution is 2.09. The van der Waals surface area contributed by atoms with Crippen LogP contribution in [0.5, 0.6) is 0 Å². The van der Waals surface area contributed by atoms with Crippen molar-refractivity contribution in [3.63, 3.8) is 0 Å². The van der Waals surface area contributed by atoms with Gasteiger partial charge in [0.05, 0.1) is 12.7 Å². The van der Waals surface area contributed by atoms with Gasteiger partial charge in [-0.3, -0.25) is 4.90 Å². The lowest BCUT2D eigenvalue weighted by molar-refractivity contribution is 0.0145. The Kier molecular flexibility index (Phi) is 8.64. The van der Waals surface area contributed by atoms with Crippen LogP contribution in [-0.4, -0.2) is 49.8 Å². The Labute approximate surface area is 113 Å². The van der Waals surface area contributed by atoms with Crippen LogP contribution in [0.15, 0.2) is 0 Å². The quantitative estimate of drug-likeness (QED) is 0.686. The van der Waals surface area contributed by atoms with Gasteiger partial charge in [-0.15, -0.1) is 0 Å². The van der Waals surface area contributed by atoms with Crippen LogP contribution in [0.1, 0.15) is 52.9 Å². The van der Waals surface area contributed by atoms with Gasteiger partial charge in [0, 0.05) is 12.6 Å². The summed E-state index contributed by atoms with van der Waals surface area (Å²) < 4.78 is 6.01. The van der Waals surface area contributed by atoms with E-state index in [-0.39, 0.29) is 0 Å². The molecule has 0 aromatic rings. The van der Waals surface area contributed by atoms with E-state index in [1.54, 1.807) is 0 Å². The lowest BCUT2D eigenvalue weighted by Crippen LogP contribution is -2.38. The van der Waals surface area contributed by atoms with Crippen LogP contribution in [-0.2, 0) is 4.74 Å². The highest BCUT2D eigenvalue weighted by Gasteiger charge is 2.15. The molecule has 0 aromatic heterocycles. The minimum Gasteiger partial charge on any atom is -0.377 e. The summed E-state index contributed by atoms with van der Waals surface area (Å²) in [6.45, 7) is 12.3. The first-order valence-corrected chi connectivity index (χ1v) is 7.84. The van der Waals surface area contributed by atoms with Crippen LogP contribution >= 0.6 is 0 Å². The molecule has 1 unspecified atom stereocenters. The van der Waals surface area contributed by atoms with E-state index in [0.29, 0.717) is 12.1 Å². The molecule has 3 heteroatoms. The van der Waals surface area contributed by atoms with E-state index in [1.165, 1.54) is 38.6 Å². The summed E-state index contributed by atoms with van der Waals surface area (Å²) in [7, 11) is 0. The van der Waals surface area contributed by atoms with Gasteiger partial charge < -0.3 is 10.1 Å². The number of rotatable bonds is 9. The molecule has 1 rings (SSSR count). The highest BCUT2D eigenvalue weighted by atomic mass is 16.5. The molecular weight excluding hydrogens is 224 g/mol. The fraction of sp³-hybridized carbons (Fsp3) is 1.00. The van der Waals surface area contributed by atoms with Crippen molar-refractivity contribution < 1.29 is 4.74 Å². The highest BCUT2D eigenvalue weighted by molar-refractivity contribution is 4.70. The monoisotopic (exact) mass is 256 g/mol. The SMILES string of the molecule is CCCCN(CCOC1CCNCC1)C(C)CC. The topological polar surface area (TPSA) is 24.5 Å². The minimum absolute atomic E-state index is 0.496. The molecule has 0 aromatic carbocycles. The van der Waals surface area contributed by atoms with Gasteiger partial charge in [-0.05, 0) is 52.2 Å². The Hall–Kier alpha value is -0.120. The number of hydrogen-bond acceptors (Lipinski definition) is 3. The summed E-state index contributed by atoms with van der Waals surface area (Å²) in [5.41, 5.74) is 0. The molecule has 1 aliphatic heterocycles. The van der Waals surface area contributed by atoms with Crippen LogP contribution in [0, 0.1) is 0 Å². The zero-order valence-corrected chi connectivity index (χ0v) is 12.6. The second-order valence-electron chi connectivity index (χ2n) is 5.47. The van der Waals surface area contributed by atoms with Gasteiger partial charge >= 0.3 is 0 Å². The normalized spacial score (nSPS) is 19.3. The van der Waals surface area contributed by atoms with Crippen molar-refractivity contribution in [2.45, 2.75) is 65.0 Å². The standard InChI is InChI=1S/C15H32N2O/c1-4-6-11-17(14(3)5-2)12-13-18-15-7-9-16-10-8-15/h14-16H,4-13H2,1-3H3. The zero-order valence-electron chi connectivity index (χ0n) is 12.6. The largest absolute Gasteiger partial charge is 0.377 e. The van der Waals surface area contributed by atoms with Gasteiger partial charge in [0.15, 0.2) is 0 Å². The van der Waals surface area contributed by atoms with Crippen molar-refractivity contribution in [1.82, 2.24) is 10.2 Å². The van der Waals surface area contributed by atoms with Crippen molar-refractivity contribution in [1.29, 1.82) is 0 Å². The zero-order chi connectivity index (χ0) is 13.2. The van der Waals surface area contributed by atoms with Crippen LogP contribution in [0.3, 0.4) is 0 Å². The molecule has 0 radical (unpaired) electrons. The Bertz CT molecular complexity index is 193. The molecule has 1 atom stereocenters. The predicted octanol–water partition coefficient (Wildman–Crippen LogP) is 2.66. The summed E-state index contributed by atoms with van der Waals surface area (Å²) in [5.74, 6) is 0. The van der Waals surface area contributed by atoms with E-state index < -0.39 is 0 Å². The molecule has 1 saturated heterocycles. The molecule has 108 valence electrons. The molecule has 1 aliphatic rings. The van der Waals surface area contributed by atoms with Gasteiger partial charge in [0.2, 0.25) is 0 Å². The van der Waals surface area contributed by atoms with E-state index in [9.17, 15) is 0 Å². The van der Waals surface area contributed by atoms with Crippen molar-refractivity contribution in [2.24, 2.45) is 0 Å². The molecule has 0 bridgehead atoms. The Morgan fingerprint density at radius 3 is 2.56 bits per heavy atom. The van der Waals surface area contributed by atoms with Crippen LogP contribution in [0.2, 0.25) is 0 Å². The van der Waals surface area contributed by atoms with Crippen molar-refractivity contribution in [3.8, 4) is 0 Å². The van der Waals surface area contributed by atoms with Gasteiger partial charge in [0.25, 0.3) is 0 Å². The number of nitrogens with zero attached hydrogens (tertiary/aromatic N) is 1. The first-order valence-electron chi connectivity index (χ1n) is 7.84. The van der Waals surface area contributed by atoms with Crippen molar-refractivity contribution in [3.05, 3.63) is 0 Å². The summed E-state index contributed by atoms with van der Waals surface area (Å²) in [4.78, 5) is 2.59. The first kappa shape index (κ1) is 15.9. The van der Waals surface area contributed by atoms with E-state index in [4.69, 9.17) is 4.74 Å². The van der Waals surface area contributed by atoms with Gasteiger partial charge in [0.1, 0.15) is 0 Å². The van der Waals surface area contributed by atoms with E-state index in [1.807, 2.05) is 0 Å².